The van der Waals surface area contributed by atoms with E-state index in [1.807, 2.05) is 0 Å². The van der Waals surface area contributed by atoms with E-state index in [2.05, 4.69) is 4.98 Å². The van der Waals surface area contributed by atoms with E-state index in [4.69, 9.17) is 16.3 Å². The molecule has 124 valence electrons. The summed E-state index contributed by atoms with van der Waals surface area (Å²) >= 11 is 5.95. The van der Waals surface area contributed by atoms with Crippen LogP contribution in [-0.2, 0) is 17.3 Å². The molecule has 2 rings (SSSR count). The van der Waals surface area contributed by atoms with Crippen LogP contribution in [-0.4, -0.2) is 17.6 Å². The zero-order valence-corrected chi connectivity index (χ0v) is 13.3. The van der Waals surface area contributed by atoms with Crippen molar-refractivity contribution >= 4 is 17.6 Å². The minimum Gasteiger partial charge on any atom is -0.461 e. The van der Waals surface area contributed by atoms with E-state index in [1.165, 1.54) is 6.07 Å². The third kappa shape index (κ3) is 3.88. The van der Waals surface area contributed by atoms with Crippen LogP contribution in [0.3, 0.4) is 0 Å². The molecule has 0 spiro atoms. The van der Waals surface area contributed by atoms with Crippen molar-refractivity contribution in [3.05, 3.63) is 57.4 Å². The number of esters is 1. The zero-order chi connectivity index (χ0) is 17.2. The number of aromatic nitrogens is 1. The topological polar surface area (TPSA) is 42.1 Å². The highest BCUT2D eigenvalue weighted by atomic mass is 35.5. The van der Waals surface area contributed by atoms with Gasteiger partial charge in [-0.05, 0) is 42.7 Å². The van der Waals surface area contributed by atoms with E-state index in [-0.39, 0.29) is 11.6 Å². The Morgan fingerprint density at radius 3 is 2.57 bits per heavy atom. The van der Waals surface area contributed by atoms with Crippen LogP contribution in [0.15, 0.2) is 24.4 Å². The van der Waals surface area contributed by atoms with Crippen LogP contribution in [0, 0.1) is 6.92 Å². The summed E-state index contributed by atoms with van der Waals surface area (Å²) in [6, 6.07) is 3.25. The van der Waals surface area contributed by atoms with Crippen LogP contribution < -0.4 is 0 Å². The van der Waals surface area contributed by atoms with Gasteiger partial charge in [-0.15, -0.1) is 0 Å². The number of carbonyl (C=O) groups excluding carboxylic acids is 1. The summed E-state index contributed by atoms with van der Waals surface area (Å²) in [4.78, 5) is 14.6. The highest BCUT2D eigenvalue weighted by Gasteiger charge is 2.30. The summed E-state index contributed by atoms with van der Waals surface area (Å²) in [5.41, 5.74) is 1.57. The highest BCUT2D eigenvalue weighted by molar-refractivity contribution is 6.31. The largest absolute Gasteiger partial charge is 0.461 e. The van der Waals surface area contributed by atoms with Gasteiger partial charge in [0.2, 0.25) is 0 Å². The molecule has 0 amide bonds. The number of ether oxygens (including phenoxy) is 1. The lowest BCUT2D eigenvalue weighted by molar-refractivity contribution is -0.137. The van der Waals surface area contributed by atoms with Gasteiger partial charge in [-0.3, -0.25) is 0 Å². The Hall–Kier alpha value is -1.95. The number of aromatic amines is 1. The van der Waals surface area contributed by atoms with Gasteiger partial charge in [-0.2, -0.15) is 13.2 Å². The Morgan fingerprint density at radius 1 is 1.30 bits per heavy atom. The number of hydrogen-bond donors (Lipinski definition) is 1. The van der Waals surface area contributed by atoms with Crippen molar-refractivity contribution < 1.29 is 22.7 Å². The van der Waals surface area contributed by atoms with Crippen molar-refractivity contribution in [3.8, 4) is 0 Å². The first-order chi connectivity index (χ1) is 10.7. The number of H-pyrrole nitrogens is 1. The lowest BCUT2D eigenvalue weighted by Gasteiger charge is -2.10. The van der Waals surface area contributed by atoms with Crippen molar-refractivity contribution in [2.75, 3.05) is 6.61 Å². The number of carbonyl (C=O) groups is 1. The number of rotatable bonds is 4. The van der Waals surface area contributed by atoms with E-state index in [0.29, 0.717) is 23.2 Å². The van der Waals surface area contributed by atoms with Gasteiger partial charge in [0, 0.05) is 17.6 Å². The molecule has 0 saturated carbocycles. The second-order valence-electron chi connectivity index (χ2n) is 5.02. The van der Waals surface area contributed by atoms with Crippen molar-refractivity contribution in [1.82, 2.24) is 4.98 Å². The molecule has 0 saturated heterocycles. The lowest BCUT2D eigenvalue weighted by Crippen LogP contribution is -2.07. The van der Waals surface area contributed by atoms with Gasteiger partial charge in [-0.1, -0.05) is 17.7 Å². The van der Waals surface area contributed by atoms with Crippen LogP contribution in [0.4, 0.5) is 13.2 Å². The average molecular weight is 346 g/mol. The molecule has 0 aliphatic rings. The van der Waals surface area contributed by atoms with Crippen LogP contribution in [0.5, 0.6) is 0 Å². The minimum absolute atomic E-state index is 0.0399. The molecule has 23 heavy (non-hydrogen) atoms. The van der Waals surface area contributed by atoms with E-state index < -0.39 is 17.7 Å². The second kappa shape index (κ2) is 6.66. The van der Waals surface area contributed by atoms with E-state index >= 15 is 0 Å². The van der Waals surface area contributed by atoms with Crippen LogP contribution >= 0.6 is 11.6 Å². The maximum absolute atomic E-state index is 12.6. The zero-order valence-electron chi connectivity index (χ0n) is 12.6. The maximum atomic E-state index is 12.6. The first-order valence-corrected chi connectivity index (χ1v) is 7.31. The predicted molar refractivity (Wildman–Crippen MR) is 80.7 cm³/mol. The Morgan fingerprint density at radius 2 is 2.00 bits per heavy atom. The molecule has 7 heteroatoms. The Labute approximate surface area is 136 Å². The van der Waals surface area contributed by atoms with Gasteiger partial charge < -0.3 is 9.72 Å². The molecule has 3 nitrogen and oxygen atoms in total. The summed E-state index contributed by atoms with van der Waals surface area (Å²) in [5.74, 6) is -0.463. The van der Waals surface area contributed by atoms with E-state index in [9.17, 15) is 18.0 Å². The lowest BCUT2D eigenvalue weighted by atomic mass is 10.0. The fraction of sp³-hybridized carbons (Fsp3) is 0.312. The fourth-order valence-electron chi connectivity index (χ4n) is 2.21. The molecule has 0 aliphatic heterocycles. The predicted octanol–water partition coefficient (Wildman–Crippen LogP) is 4.76. The number of hydrogen-bond acceptors (Lipinski definition) is 2. The summed E-state index contributed by atoms with van der Waals surface area (Å²) in [6.07, 6.45) is -2.47. The van der Waals surface area contributed by atoms with Gasteiger partial charge in [-0.25, -0.2) is 4.79 Å². The first kappa shape index (κ1) is 17.4. The molecule has 0 unspecified atom stereocenters. The number of alkyl halides is 3. The van der Waals surface area contributed by atoms with E-state index in [0.717, 1.165) is 17.7 Å². The third-order valence-corrected chi connectivity index (χ3v) is 3.84. The summed E-state index contributed by atoms with van der Waals surface area (Å²) in [5, 5.41) is 0.0399. The van der Waals surface area contributed by atoms with Crippen LogP contribution in [0.2, 0.25) is 5.02 Å². The standard InChI is InChI=1S/C16H15ClF3NO2/c1-3-23-15(22)14-9(2)11(8-21-14)6-10-4-5-12(7-13(10)17)16(18,19)20/h4-5,7-8,21H,3,6H2,1-2H3. The number of benzene rings is 1. The first-order valence-electron chi connectivity index (χ1n) is 6.93. The Balaban J connectivity index is 2.25. The molecule has 1 aromatic heterocycles. The normalized spacial score (nSPS) is 11.6. The molecular weight excluding hydrogens is 331 g/mol. The summed E-state index contributed by atoms with van der Waals surface area (Å²) in [7, 11) is 0. The monoisotopic (exact) mass is 345 g/mol. The number of nitrogens with one attached hydrogen (secondary N) is 1. The smallest absolute Gasteiger partial charge is 0.416 e. The minimum atomic E-state index is -4.43. The summed E-state index contributed by atoms with van der Waals surface area (Å²) < 4.78 is 42.8. The molecule has 2 aromatic rings. The molecular formula is C16H15ClF3NO2. The molecule has 0 bridgehead atoms. The van der Waals surface area contributed by atoms with Gasteiger partial charge in [0.15, 0.2) is 0 Å². The van der Waals surface area contributed by atoms with Gasteiger partial charge in [0.1, 0.15) is 5.69 Å². The average Bonchev–Trinajstić information content (AvgIpc) is 2.81. The van der Waals surface area contributed by atoms with Gasteiger partial charge in [0.05, 0.1) is 12.2 Å². The fourth-order valence-corrected chi connectivity index (χ4v) is 2.45. The maximum Gasteiger partial charge on any atom is 0.416 e. The molecule has 0 aliphatic carbocycles. The van der Waals surface area contributed by atoms with E-state index in [1.54, 1.807) is 20.0 Å². The molecule has 0 radical (unpaired) electrons. The third-order valence-electron chi connectivity index (χ3n) is 3.49. The van der Waals surface area contributed by atoms with Crippen molar-refractivity contribution in [2.45, 2.75) is 26.4 Å². The molecule has 0 fully saturated rings. The van der Waals surface area contributed by atoms with Gasteiger partial charge in [0.25, 0.3) is 0 Å². The van der Waals surface area contributed by atoms with Crippen molar-refractivity contribution in [2.24, 2.45) is 0 Å². The quantitative estimate of drug-likeness (QED) is 0.811. The molecule has 1 N–H and O–H groups in total. The highest BCUT2D eigenvalue weighted by Crippen LogP contribution is 2.33. The molecule has 0 atom stereocenters. The Kier molecular flexibility index (Phi) is 5.04. The molecule has 1 heterocycles. The Bertz CT molecular complexity index is 723. The van der Waals surface area contributed by atoms with Gasteiger partial charge >= 0.3 is 12.1 Å². The second-order valence-corrected chi connectivity index (χ2v) is 5.42. The van der Waals surface area contributed by atoms with Crippen LogP contribution in [0.1, 0.15) is 39.7 Å². The molecule has 1 aromatic carbocycles. The SMILES string of the molecule is CCOC(=O)c1[nH]cc(Cc2ccc(C(F)(F)F)cc2Cl)c1C. The van der Waals surface area contributed by atoms with Crippen LogP contribution in [0.25, 0.3) is 0 Å². The van der Waals surface area contributed by atoms with Crippen molar-refractivity contribution in [3.63, 3.8) is 0 Å². The summed E-state index contributed by atoms with van der Waals surface area (Å²) in [6.45, 7) is 3.71. The number of halogens is 4. The van der Waals surface area contributed by atoms with Crippen molar-refractivity contribution in [1.29, 1.82) is 0 Å².